The largest absolute Gasteiger partial charge is 0.377 e. The molecule has 0 unspecified atom stereocenters. The van der Waals surface area contributed by atoms with Gasteiger partial charge in [0.05, 0.1) is 17.0 Å². The van der Waals surface area contributed by atoms with Gasteiger partial charge in [-0.15, -0.1) is 11.3 Å². The van der Waals surface area contributed by atoms with E-state index in [-0.39, 0.29) is 0 Å². The van der Waals surface area contributed by atoms with E-state index < -0.39 is 0 Å². The summed E-state index contributed by atoms with van der Waals surface area (Å²) >= 11 is 7.49. The molecule has 17 heavy (non-hydrogen) atoms. The molecule has 0 aliphatic carbocycles. The fourth-order valence-electron chi connectivity index (χ4n) is 1.92. The molecule has 0 aromatic carbocycles. The Bertz CT molecular complexity index is 326. The van der Waals surface area contributed by atoms with Gasteiger partial charge in [-0.25, -0.2) is 0 Å². The minimum atomic E-state index is 0.453. The van der Waals surface area contributed by atoms with Crippen LogP contribution in [0.25, 0.3) is 0 Å². The third-order valence-corrected chi connectivity index (χ3v) is 4.08. The molecule has 0 saturated carbocycles. The Morgan fingerprint density at radius 3 is 2.94 bits per heavy atom. The Morgan fingerprint density at radius 2 is 2.24 bits per heavy atom. The topological polar surface area (TPSA) is 33.3 Å². The predicted molar refractivity (Wildman–Crippen MR) is 72.9 cm³/mol. The molecule has 96 valence electrons. The number of halogens is 1. The minimum absolute atomic E-state index is 0.453. The third-order valence-electron chi connectivity index (χ3n) is 2.85. The highest BCUT2D eigenvalue weighted by Gasteiger charge is 2.12. The maximum atomic E-state index is 5.86. The zero-order valence-corrected chi connectivity index (χ0v) is 11.4. The Morgan fingerprint density at radius 1 is 1.41 bits per heavy atom. The smallest absolute Gasteiger partial charge is 0.0931 e. The van der Waals surface area contributed by atoms with Gasteiger partial charge in [0.25, 0.3) is 0 Å². The number of ether oxygens (including phenoxy) is 1. The fourth-order valence-corrected chi connectivity index (χ4v) is 2.98. The van der Waals surface area contributed by atoms with E-state index in [1.54, 1.807) is 11.3 Å². The van der Waals surface area contributed by atoms with E-state index in [0.717, 1.165) is 50.0 Å². The molecule has 1 aromatic heterocycles. The van der Waals surface area contributed by atoms with Crippen LogP contribution in [0.1, 0.15) is 17.7 Å². The average Bonchev–Trinajstić information content (AvgIpc) is 2.76. The molecule has 0 atom stereocenters. The van der Waals surface area contributed by atoms with Crippen molar-refractivity contribution in [2.45, 2.75) is 25.5 Å². The number of nitrogens with one attached hydrogen (secondary N) is 2. The molecule has 2 rings (SSSR count). The zero-order valence-electron chi connectivity index (χ0n) is 9.88. The first-order chi connectivity index (χ1) is 8.34. The summed E-state index contributed by atoms with van der Waals surface area (Å²) in [6.45, 7) is 4.76. The molecule has 0 radical (unpaired) electrons. The third kappa shape index (κ3) is 4.94. The number of piperidine rings is 1. The molecular weight excluding hydrogens is 256 g/mol. The van der Waals surface area contributed by atoms with Crippen molar-refractivity contribution < 1.29 is 4.74 Å². The zero-order chi connectivity index (χ0) is 11.9. The van der Waals surface area contributed by atoms with E-state index >= 15 is 0 Å². The van der Waals surface area contributed by atoms with Crippen LogP contribution >= 0.6 is 22.9 Å². The van der Waals surface area contributed by atoms with Crippen molar-refractivity contribution in [2.75, 3.05) is 26.2 Å². The van der Waals surface area contributed by atoms with Crippen molar-refractivity contribution in [1.29, 1.82) is 0 Å². The summed E-state index contributed by atoms with van der Waals surface area (Å²) < 4.78 is 6.66. The Labute approximate surface area is 112 Å². The SMILES string of the molecule is Clc1ccc(CNCCOC2CCNCC2)s1. The van der Waals surface area contributed by atoms with Gasteiger partial charge in [0.1, 0.15) is 0 Å². The maximum Gasteiger partial charge on any atom is 0.0931 e. The molecule has 3 nitrogen and oxygen atoms in total. The van der Waals surface area contributed by atoms with Gasteiger partial charge < -0.3 is 15.4 Å². The molecule has 0 spiro atoms. The Kier molecular flexibility index (Phi) is 5.74. The predicted octanol–water partition coefficient (Wildman–Crippen LogP) is 2.26. The van der Waals surface area contributed by atoms with Gasteiger partial charge in [-0.05, 0) is 38.1 Å². The summed E-state index contributed by atoms with van der Waals surface area (Å²) in [5.74, 6) is 0. The van der Waals surface area contributed by atoms with Gasteiger partial charge in [0.2, 0.25) is 0 Å². The van der Waals surface area contributed by atoms with Crippen molar-refractivity contribution in [3.8, 4) is 0 Å². The quantitative estimate of drug-likeness (QED) is 0.781. The molecule has 1 aliphatic heterocycles. The molecule has 0 amide bonds. The molecule has 2 heterocycles. The average molecular weight is 275 g/mol. The van der Waals surface area contributed by atoms with E-state index in [9.17, 15) is 0 Å². The van der Waals surface area contributed by atoms with E-state index in [2.05, 4.69) is 16.7 Å². The highest BCUT2D eigenvalue weighted by atomic mass is 35.5. The second-order valence-electron chi connectivity index (χ2n) is 4.20. The van der Waals surface area contributed by atoms with E-state index in [1.165, 1.54) is 4.88 Å². The molecule has 0 bridgehead atoms. The van der Waals surface area contributed by atoms with Crippen LogP contribution < -0.4 is 10.6 Å². The van der Waals surface area contributed by atoms with Crippen LogP contribution in [0.4, 0.5) is 0 Å². The first kappa shape index (κ1) is 13.3. The second-order valence-corrected chi connectivity index (χ2v) is 6.00. The van der Waals surface area contributed by atoms with Crippen LogP contribution in [0.3, 0.4) is 0 Å². The van der Waals surface area contributed by atoms with Gasteiger partial charge in [-0.3, -0.25) is 0 Å². The van der Waals surface area contributed by atoms with Crippen LogP contribution in [0.5, 0.6) is 0 Å². The molecule has 1 aromatic rings. The monoisotopic (exact) mass is 274 g/mol. The van der Waals surface area contributed by atoms with E-state index in [1.807, 2.05) is 6.07 Å². The highest BCUT2D eigenvalue weighted by molar-refractivity contribution is 7.16. The van der Waals surface area contributed by atoms with Gasteiger partial charge in [0, 0.05) is 18.0 Å². The van der Waals surface area contributed by atoms with Gasteiger partial charge >= 0.3 is 0 Å². The molecule has 1 saturated heterocycles. The first-order valence-corrected chi connectivity index (χ1v) is 7.31. The summed E-state index contributed by atoms with van der Waals surface area (Å²) in [5.41, 5.74) is 0. The van der Waals surface area contributed by atoms with Gasteiger partial charge in [-0.1, -0.05) is 11.6 Å². The lowest BCUT2D eigenvalue weighted by Gasteiger charge is -2.22. The van der Waals surface area contributed by atoms with Crippen LogP contribution in [0, 0.1) is 0 Å². The Hall–Kier alpha value is -0.130. The molecule has 2 N–H and O–H groups in total. The Balaban J connectivity index is 1.51. The maximum absolute atomic E-state index is 5.86. The van der Waals surface area contributed by atoms with E-state index in [4.69, 9.17) is 16.3 Å². The van der Waals surface area contributed by atoms with Gasteiger partial charge in [-0.2, -0.15) is 0 Å². The number of hydrogen-bond acceptors (Lipinski definition) is 4. The van der Waals surface area contributed by atoms with E-state index in [0.29, 0.717) is 6.10 Å². The number of thiophene rings is 1. The first-order valence-electron chi connectivity index (χ1n) is 6.12. The van der Waals surface area contributed by atoms with Crippen LogP contribution in [-0.4, -0.2) is 32.3 Å². The minimum Gasteiger partial charge on any atom is -0.377 e. The normalized spacial score (nSPS) is 17.5. The summed E-state index contributed by atoms with van der Waals surface area (Å²) in [6.07, 6.45) is 2.73. The summed E-state index contributed by atoms with van der Waals surface area (Å²) in [4.78, 5) is 1.27. The number of hydrogen-bond donors (Lipinski definition) is 2. The van der Waals surface area contributed by atoms with Crippen LogP contribution in [0.2, 0.25) is 4.34 Å². The number of rotatable bonds is 6. The van der Waals surface area contributed by atoms with Crippen molar-refractivity contribution in [2.24, 2.45) is 0 Å². The lowest BCUT2D eigenvalue weighted by molar-refractivity contribution is 0.0348. The summed E-state index contributed by atoms with van der Waals surface area (Å²) in [7, 11) is 0. The second kappa shape index (κ2) is 7.34. The summed E-state index contributed by atoms with van der Waals surface area (Å²) in [5, 5.41) is 6.70. The van der Waals surface area contributed by atoms with Crippen molar-refractivity contribution >= 4 is 22.9 Å². The molecule has 1 fully saturated rings. The highest BCUT2D eigenvalue weighted by Crippen LogP contribution is 2.20. The molecule has 5 heteroatoms. The fraction of sp³-hybridized carbons (Fsp3) is 0.667. The lowest BCUT2D eigenvalue weighted by Crippen LogP contribution is -2.33. The van der Waals surface area contributed by atoms with Crippen LogP contribution in [0.15, 0.2) is 12.1 Å². The van der Waals surface area contributed by atoms with Crippen molar-refractivity contribution in [3.05, 3.63) is 21.3 Å². The van der Waals surface area contributed by atoms with Crippen LogP contribution in [-0.2, 0) is 11.3 Å². The van der Waals surface area contributed by atoms with Gasteiger partial charge in [0.15, 0.2) is 0 Å². The molecule has 1 aliphatic rings. The summed E-state index contributed by atoms with van der Waals surface area (Å²) in [6, 6.07) is 4.00. The standard InChI is InChI=1S/C12H19ClN2OS/c13-12-2-1-11(17-12)9-15-7-8-16-10-3-5-14-6-4-10/h1-2,10,14-15H,3-9H2. The van der Waals surface area contributed by atoms with Crippen molar-refractivity contribution in [3.63, 3.8) is 0 Å². The molecular formula is C12H19ClN2OS. The lowest BCUT2D eigenvalue weighted by atomic mass is 10.1. The van der Waals surface area contributed by atoms with Crippen molar-refractivity contribution in [1.82, 2.24) is 10.6 Å².